The maximum Gasteiger partial charge on any atom is 0.469 e. The van der Waals surface area contributed by atoms with Gasteiger partial charge in [-0.15, -0.1) is 0 Å². The summed E-state index contributed by atoms with van der Waals surface area (Å²) < 4.78 is 37.8. The second kappa shape index (κ2) is 11.4. The minimum atomic E-state index is -4.62. The lowest BCUT2D eigenvalue weighted by Crippen LogP contribution is -2.47. The number of aromatic hydroxyl groups is 2. The van der Waals surface area contributed by atoms with Crippen molar-refractivity contribution in [1.82, 2.24) is 9.47 Å². The number of halogens is 1. The highest BCUT2D eigenvalue weighted by molar-refractivity contribution is 7.46. The van der Waals surface area contributed by atoms with Crippen molar-refractivity contribution in [1.29, 1.82) is 0 Å². The third-order valence-electron chi connectivity index (χ3n) is 7.94. The van der Waals surface area contributed by atoms with E-state index in [1.54, 1.807) is 12.1 Å². The van der Waals surface area contributed by atoms with E-state index in [9.17, 15) is 19.2 Å². The molecule has 0 amide bonds. The molecule has 2 aliphatic carbocycles. The van der Waals surface area contributed by atoms with Gasteiger partial charge in [-0.05, 0) is 63.6 Å². The van der Waals surface area contributed by atoms with Gasteiger partial charge in [0, 0.05) is 56.3 Å². The first kappa shape index (κ1) is 27.3. The summed E-state index contributed by atoms with van der Waals surface area (Å²) in [6.07, 6.45) is 5.51. The fourth-order valence-corrected chi connectivity index (χ4v) is 6.56. The second-order valence-electron chi connectivity index (χ2n) is 10.5. The zero-order chi connectivity index (χ0) is 26.9. The van der Waals surface area contributed by atoms with E-state index in [2.05, 4.69) is 9.80 Å². The number of benzene rings is 1. The van der Waals surface area contributed by atoms with Crippen molar-refractivity contribution >= 4 is 13.5 Å². The number of phosphoric ester groups is 1. The summed E-state index contributed by atoms with van der Waals surface area (Å²) in [5.41, 5.74) is 1.92. The predicted molar refractivity (Wildman–Crippen MR) is 139 cm³/mol. The summed E-state index contributed by atoms with van der Waals surface area (Å²) in [7, 11) is -4.62. The number of hydrogen-bond acceptors (Lipinski definition) is 7. The Balaban J connectivity index is 1.14. The van der Waals surface area contributed by atoms with Crippen LogP contribution >= 0.6 is 7.82 Å². The van der Waals surface area contributed by atoms with E-state index in [4.69, 9.17) is 19.0 Å². The van der Waals surface area contributed by atoms with E-state index in [0.717, 1.165) is 57.0 Å². The molecule has 1 atom stereocenters. The fraction of sp³-hybridized carbons (Fsp3) is 0.615. The third-order valence-corrected chi connectivity index (χ3v) is 8.51. The molecule has 2 aromatic rings. The predicted octanol–water partition coefficient (Wildman–Crippen LogP) is 3.54. The van der Waals surface area contributed by atoms with Gasteiger partial charge < -0.3 is 29.6 Å². The third kappa shape index (κ3) is 6.29. The molecule has 4 N–H and O–H groups in total. The van der Waals surface area contributed by atoms with E-state index in [-0.39, 0.29) is 30.1 Å². The molecular formula is C26H37FN3O7P. The van der Waals surface area contributed by atoms with Crippen LogP contribution in [-0.2, 0) is 28.5 Å². The normalized spacial score (nSPS) is 21.1. The van der Waals surface area contributed by atoms with Gasteiger partial charge in [0.25, 0.3) is 0 Å². The van der Waals surface area contributed by atoms with E-state index in [1.807, 2.05) is 0 Å². The fourth-order valence-electron chi connectivity index (χ4n) is 5.99. The van der Waals surface area contributed by atoms with Gasteiger partial charge in [0.15, 0.2) is 11.8 Å². The van der Waals surface area contributed by atoms with Gasteiger partial charge in [-0.1, -0.05) is 0 Å². The summed E-state index contributed by atoms with van der Waals surface area (Å²) >= 11 is 0. The molecule has 210 valence electrons. The number of fused-ring (bicyclic) bond motifs is 1. The lowest BCUT2D eigenvalue weighted by atomic mass is 9.93. The monoisotopic (exact) mass is 553 g/mol. The van der Waals surface area contributed by atoms with Gasteiger partial charge in [0.1, 0.15) is 11.6 Å². The van der Waals surface area contributed by atoms with Crippen LogP contribution in [0.5, 0.6) is 17.5 Å². The zero-order valence-electron chi connectivity index (χ0n) is 21.5. The summed E-state index contributed by atoms with van der Waals surface area (Å²) in [5.74, 6) is 0.428. The SMILES string of the molecule is O=P(O)(O)OC1CCc2c(c(O)n(CCCN3CCN(c4cc(F)ccc4OC4CCCC4)CC3)c2O)C1. The molecule has 3 aliphatic rings. The Labute approximate surface area is 221 Å². The Morgan fingerprint density at radius 2 is 1.66 bits per heavy atom. The van der Waals surface area contributed by atoms with Crippen LogP contribution in [0.25, 0.3) is 0 Å². The Kier molecular flexibility index (Phi) is 8.21. The van der Waals surface area contributed by atoms with Crippen molar-refractivity contribution in [2.24, 2.45) is 0 Å². The Bertz CT molecular complexity index is 1170. The number of ether oxygens (including phenoxy) is 1. The molecule has 1 unspecified atom stereocenters. The van der Waals surface area contributed by atoms with E-state index < -0.39 is 13.9 Å². The van der Waals surface area contributed by atoms with E-state index in [0.29, 0.717) is 36.9 Å². The molecule has 1 aromatic carbocycles. The Morgan fingerprint density at radius 1 is 0.947 bits per heavy atom. The van der Waals surface area contributed by atoms with Gasteiger partial charge in [-0.25, -0.2) is 8.96 Å². The number of anilines is 1. The number of aromatic nitrogens is 1. The quantitative estimate of drug-likeness (QED) is 0.345. The number of piperazine rings is 1. The highest BCUT2D eigenvalue weighted by Gasteiger charge is 2.32. The van der Waals surface area contributed by atoms with Crippen LogP contribution in [0.4, 0.5) is 10.1 Å². The van der Waals surface area contributed by atoms with Crippen molar-refractivity contribution in [2.45, 2.75) is 70.1 Å². The van der Waals surface area contributed by atoms with Gasteiger partial charge in [0.2, 0.25) is 0 Å². The molecule has 1 saturated carbocycles. The smallest absolute Gasteiger partial charge is 0.469 e. The maximum atomic E-state index is 14.1. The lowest BCUT2D eigenvalue weighted by Gasteiger charge is -2.37. The second-order valence-corrected chi connectivity index (χ2v) is 11.7. The molecule has 10 nitrogen and oxygen atoms in total. The van der Waals surface area contributed by atoms with Crippen LogP contribution in [0.15, 0.2) is 18.2 Å². The maximum absolute atomic E-state index is 14.1. The molecule has 0 radical (unpaired) electrons. The van der Waals surface area contributed by atoms with Gasteiger partial charge in [0.05, 0.1) is 17.9 Å². The molecule has 38 heavy (non-hydrogen) atoms. The van der Waals surface area contributed by atoms with E-state index in [1.165, 1.54) is 23.5 Å². The highest BCUT2D eigenvalue weighted by Crippen LogP contribution is 2.44. The molecule has 0 spiro atoms. The lowest BCUT2D eigenvalue weighted by molar-refractivity contribution is 0.122. The van der Waals surface area contributed by atoms with Crippen molar-refractivity contribution in [2.75, 3.05) is 37.6 Å². The van der Waals surface area contributed by atoms with E-state index >= 15 is 0 Å². The molecule has 1 saturated heterocycles. The molecular weight excluding hydrogens is 516 g/mol. The highest BCUT2D eigenvalue weighted by atomic mass is 31.2. The Morgan fingerprint density at radius 3 is 2.37 bits per heavy atom. The van der Waals surface area contributed by atoms with Crippen molar-refractivity contribution < 1.29 is 38.2 Å². The molecule has 1 aliphatic heterocycles. The van der Waals surface area contributed by atoms with Crippen LogP contribution in [0.3, 0.4) is 0 Å². The summed E-state index contributed by atoms with van der Waals surface area (Å²) in [6, 6.07) is 4.76. The number of hydrogen-bond donors (Lipinski definition) is 4. The van der Waals surface area contributed by atoms with Crippen molar-refractivity contribution in [3.05, 3.63) is 35.1 Å². The van der Waals surface area contributed by atoms with Crippen molar-refractivity contribution in [3.8, 4) is 17.5 Å². The van der Waals surface area contributed by atoms with Gasteiger partial charge in [-0.2, -0.15) is 0 Å². The topological polar surface area (TPSA) is 128 Å². The summed E-state index contributed by atoms with van der Waals surface area (Å²) in [5, 5.41) is 21.4. The first-order valence-electron chi connectivity index (χ1n) is 13.5. The molecule has 2 fully saturated rings. The minimum absolute atomic E-state index is 0.0119. The average Bonchev–Trinajstić information content (AvgIpc) is 3.47. The number of phosphoric acid groups is 1. The summed E-state index contributed by atoms with van der Waals surface area (Å²) in [6.45, 7) is 4.30. The first-order valence-corrected chi connectivity index (χ1v) is 15.0. The average molecular weight is 554 g/mol. The van der Waals surface area contributed by atoms with Gasteiger partial charge in [-0.3, -0.25) is 14.0 Å². The minimum Gasteiger partial charge on any atom is -0.494 e. The zero-order valence-corrected chi connectivity index (χ0v) is 22.4. The van der Waals surface area contributed by atoms with Crippen LogP contribution in [0.1, 0.15) is 49.7 Å². The van der Waals surface area contributed by atoms with Crippen LogP contribution in [0.2, 0.25) is 0 Å². The number of nitrogens with zero attached hydrogens (tertiary/aromatic N) is 3. The molecule has 0 bridgehead atoms. The van der Waals surface area contributed by atoms with Crippen molar-refractivity contribution in [3.63, 3.8) is 0 Å². The van der Waals surface area contributed by atoms with Crippen LogP contribution in [-0.4, -0.2) is 74.4 Å². The first-order chi connectivity index (χ1) is 18.2. The Hall–Kier alpha value is -2.30. The molecule has 1 aromatic heterocycles. The molecule has 5 rings (SSSR count). The largest absolute Gasteiger partial charge is 0.494 e. The summed E-state index contributed by atoms with van der Waals surface area (Å²) in [4.78, 5) is 22.7. The standard InChI is InChI=1S/C26H37FN3O7P/c27-18-6-9-24(36-19-4-1-2-5-19)23(16-18)29-14-12-28(13-15-29)10-3-11-30-25(31)21-8-7-20(37-38(33,34)35)17-22(21)26(30)32/h6,9,16,19-20,31-32H,1-5,7-8,10-15,17H2,(H2,33,34,35). The molecule has 2 heterocycles. The van der Waals surface area contributed by atoms with Crippen LogP contribution < -0.4 is 9.64 Å². The number of rotatable bonds is 9. The molecule has 12 heteroatoms. The van der Waals surface area contributed by atoms with Crippen LogP contribution in [0, 0.1) is 5.82 Å². The van der Waals surface area contributed by atoms with Gasteiger partial charge >= 0.3 is 7.82 Å².